The predicted octanol–water partition coefficient (Wildman–Crippen LogP) is 6.79. The summed E-state index contributed by atoms with van der Waals surface area (Å²) in [5, 5.41) is 2.14. The van der Waals surface area contributed by atoms with Gasteiger partial charge in [-0.05, 0) is 61.3 Å². The molecular formula is C26H24N2O. The Morgan fingerprint density at radius 1 is 1.03 bits per heavy atom. The quantitative estimate of drug-likeness (QED) is 0.289. The fraction of sp³-hybridized carbons (Fsp3) is 0.154. The van der Waals surface area contributed by atoms with Crippen molar-refractivity contribution in [2.24, 2.45) is 4.99 Å². The minimum Gasteiger partial charge on any atom is -0.437 e. The van der Waals surface area contributed by atoms with Gasteiger partial charge in [0.15, 0.2) is 0 Å². The van der Waals surface area contributed by atoms with Gasteiger partial charge in [-0.15, -0.1) is 0 Å². The second-order valence-electron chi connectivity index (χ2n) is 7.32. The highest BCUT2D eigenvalue weighted by Gasteiger charge is 2.15. The Morgan fingerprint density at radius 3 is 2.69 bits per heavy atom. The lowest BCUT2D eigenvalue weighted by Crippen LogP contribution is -1.90. The lowest BCUT2D eigenvalue weighted by molar-refractivity contribution is 0.652. The van der Waals surface area contributed by atoms with Gasteiger partial charge in [-0.25, -0.2) is 4.98 Å². The summed E-state index contributed by atoms with van der Waals surface area (Å²) in [7, 11) is 1.78. The van der Waals surface area contributed by atoms with E-state index in [-0.39, 0.29) is 0 Å². The van der Waals surface area contributed by atoms with Crippen LogP contribution in [-0.4, -0.2) is 18.2 Å². The zero-order valence-corrected chi connectivity index (χ0v) is 17.2. The van der Waals surface area contributed by atoms with Crippen molar-refractivity contribution in [2.75, 3.05) is 7.05 Å². The zero-order chi connectivity index (χ0) is 20.4. The molecule has 0 N–H and O–H groups in total. The summed E-state index contributed by atoms with van der Waals surface area (Å²) < 4.78 is 6.18. The third-order valence-corrected chi connectivity index (χ3v) is 5.15. The third kappa shape index (κ3) is 3.64. The van der Waals surface area contributed by atoms with Crippen LogP contribution in [0, 0.1) is 13.8 Å². The molecule has 2 aromatic carbocycles. The maximum Gasteiger partial charge on any atom is 0.227 e. The van der Waals surface area contributed by atoms with Crippen LogP contribution in [0.15, 0.2) is 76.3 Å². The Kier molecular flexibility index (Phi) is 5.13. The molecule has 0 spiro atoms. The number of furan rings is 1. The van der Waals surface area contributed by atoms with E-state index in [2.05, 4.69) is 79.3 Å². The molecule has 144 valence electrons. The maximum absolute atomic E-state index is 6.18. The summed E-state index contributed by atoms with van der Waals surface area (Å²) in [5.41, 5.74) is 8.52. The number of pyridine rings is 1. The Hall–Kier alpha value is -3.46. The van der Waals surface area contributed by atoms with E-state index in [1.54, 1.807) is 13.2 Å². The van der Waals surface area contributed by atoms with Crippen molar-refractivity contribution in [3.63, 3.8) is 0 Å². The van der Waals surface area contributed by atoms with Crippen molar-refractivity contribution in [3.05, 3.63) is 89.1 Å². The van der Waals surface area contributed by atoms with E-state index >= 15 is 0 Å². The molecular weight excluding hydrogens is 356 g/mol. The van der Waals surface area contributed by atoms with E-state index in [1.165, 1.54) is 16.7 Å². The predicted molar refractivity (Wildman–Crippen MR) is 123 cm³/mol. The van der Waals surface area contributed by atoms with Gasteiger partial charge in [-0.2, -0.15) is 0 Å². The minimum absolute atomic E-state index is 0.676. The van der Waals surface area contributed by atoms with Crippen molar-refractivity contribution in [1.29, 1.82) is 0 Å². The van der Waals surface area contributed by atoms with Crippen LogP contribution in [0.25, 0.3) is 33.2 Å². The van der Waals surface area contributed by atoms with Crippen LogP contribution in [0.4, 0.5) is 0 Å². The van der Waals surface area contributed by atoms with Crippen molar-refractivity contribution < 1.29 is 4.42 Å². The van der Waals surface area contributed by atoms with Crippen molar-refractivity contribution in [1.82, 2.24) is 4.98 Å². The molecule has 0 saturated heterocycles. The van der Waals surface area contributed by atoms with Crippen molar-refractivity contribution in [2.45, 2.75) is 20.8 Å². The number of hydrogen-bond donors (Lipinski definition) is 0. The molecule has 2 aromatic heterocycles. The van der Waals surface area contributed by atoms with Crippen molar-refractivity contribution >= 4 is 39.4 Å². The van der Waals surface area contributed by atoms with Gasteiger partial charge in [-0.3, -0.25) is 4.99 Å². The van der Waals surface area contributed by atoms with Gasteiger partial charge in [0.05, 0.1) is 0 Å². The second kappa shape index (κ2) is 7.88. The number of rotatable bonds is 4. The molecule has 29 heavy (non-hydrogen) atoms. The number of fused-ring (bicyclic) bond motifs is 3. The second-order valence-corrected chi connectivity index (χ2v) is 7.32. The van der Waals surface area contributed by atoms with E-state index < -0.39 is 0 Å². The average molecular weight is 380 g/mol. The van der Waals surface area contributed by atoms with Crippen LogP contribution in [0.3, 0.4) is 0 Å². The summed E-state index contributed by atoms with van der Waals surface area (Å²) in [4.78, 5) is 8.53. The number of benzene rings is 2. The molecule has 3 heteroatoms. The van der Waals surface area contributed by atoms with Crippen LogP contribution in [0.2, 0.25) is 0 Å². The number of hydrogen-bond acceptors (Lipinski definition) is 3. The van der Waals surface area contributed by atoms with Crippen LogP contribution in [0.5, 0.6) is 0 Å². The number of aromatic nitrogens is 1. The van der Waals surface area contributed by atoms with E-state index in [0.29, 0.717) is 5.71 Å². The molecule has 3 nitrogen and oxygen atoms in total. The van der Waals surface area contributed by atoms with E-state index in [0.717, 1.165) is 33.1 Å². The average Bonchev–Trinajstić information content (AvgIpc) is 3.09. The highest BCUT2D eigenvalue weighted by molar-refractivity contribution is 6.08. The van der Waals surface area contributed by atoms with Gasteiger partial charge in [0.2, 0.25) is 5.71 Å². The summed E-state index contributed by atoms with van der Waals surface area (Å²) in [6, 6.07) is 16.8. The molecule has 4 rings (SSSR count). The SMILES string of the molecule is C/N=C/C=C(\C=C(/C)c1c(C)ccc2c1oc1ncccc12)c1cccc(C)c1. The zero-order valence-electron chi connectivity index (χ0n) is 17.2. The Labute approximate surface area is 171 Å². The first-order valence-corrected chi connectivity index (χ1v) is 9.73. The Bertz CT molecular complexity index is 1290. The third-order valence-electron chi connectivity index (χ3n) is 5.15. The van der Waals surface area contributed by atoms with E-state index in [4.69, 9.17) is 4.42 Å². The largest absolute Gasteiger partial charge is 0.437 e. The Morgan fingerprint density at radius 2 is 1.90 bits per heavy atom. The van der Waals surface area contributed by atoms with E-state index in [9.17, 15) is 0 Å². The number of aliphatic imine (C=N–C) groups is 1. The summed E-state index contributed by atoms with van der Waals surface area (Å²) >= 11 is 0. The van der Waals surface area contributed by atoms with Crippen LogP contribution >= 0.6 is 0 Å². The monoisotopic (exact) mass is 380 g/mol. The molecule has 0 atom stereocenters. The molecule has 4 aromatic rings. The van der Waals surface area contributed by atoms with Gasteiger partial charge < -0.3 is 4.42 Å². The maximum atomic E-state index is 6.18. The van der Waals surface area contributed by atoms with Gasteiger partial charge in [0, 0.05) is 35.8 Å². The standard InChI is InChI=1S/C26H24N2O/c1-17-7-5-8-20(15-17)21(12-14-27-4)16-19(3)24-18(2)10-11-22-23-9-6-13-28-26(23)29-25(22)24/h5-16H,1-4H3/b19-16+,21-12+,27-14+. The molecule has 2 heterocycles. The molecule has 0 amide bonds. The fourth-order valence-corrected chi connectivity index (χ4v) is 3.78. The first kappa shape index (κ1) is 18.9. The first-order chi connectivity index (χ1) is 14.1. The van der Waals surface area contributed by atoms with Gasteiger partial charge in [-0.1, -0.05) is 48.0 Å². The lowest BCUT2D eigenvalue weighted by atomic mass is 9.94. The van der Waals surface area contributed by atoms with Crippen LogP contribution < -0.4 is 0 Å². The van der Waals surface area contributed by atoms with Crippen molar-refractivity contribution in [3.8, 4) is 0 Å². The Balaban J connectivity index is 1.91. The smallest absolute Gasteiger partial charge is 0.227 e. The van der Waals surface area contributed by atoms with Gasteiger partial charge >= 0.3 is 0 Å². The molecule has 0 saturated carbocycles. The normalized spacial score (nSPS) is 13.1. The topological polar surface area (TPSA) is 38.4 Å². The molecule has 0 aliphatic rings. The van der Waals surface area contributed by atoms with Crippen LogP contribution in [0.1, 0.15) is 29.2 Å². The highest BCUT2D eigenvalue weighted by atomic mass is 16.3. The molecule has 0 aliphatic carbocycles. The summed E-state index contributed by atoms with van der Waals surface area (Å²) in [5.74, 6) is 0. The molecule has 0 unspecified atom stereocenters. The molecule has 0 fully saturated rings. The minimum atomic E-state index is 0.676. The van der Waals surface area contributed by atoms with E-state index in [1.807, 2.05) is 18.4 Å². The molecule has 0 aliphatic heterocycles. The molecule has 0 radical (unpaired) electrons. The highest BCUT2D eigenvalue weighted by Crippen LogP contribution is 2.35. The lowest BCUT2D eigenvalue weighted by Gasteiger charge is -2.10. The molecule has 0 bridgehead atoms. The number of nitrogens with zero attached hydrogens (tertiary/aromatic N) is 2. The van der Waals surface area contributed by atoms with Gasteiger partial charge in [0.25, 0.3) is 0 Å². The van der Waals surface area contributed by atoms with Crippen LogP contribution in [-0.2, 0) is 0 Å². The summed E-state index contributed by atoms with van der Waals surface area (Å²) in [6.07, 6.45) is 7.86. The van der Waals surface area contributed by atoms with Gasteiger partial charge in [0.1, 0.15) is 5.58 Å². The fourth-order valence-electron chi connectivity index (χ4n) is 3.78. The number of aryl methyl sites for hydroxylation is 2. The summed E-state index contributed by atoms with van der Waals surface area (Å²) in [6.45, 7) is 6.36. The first-order valence-electron chi connectivity index (χ1n) is 9.73. The number of allylic oxidation sites excluding steroid dienone is 4.